The van der Waals surface area contributed by atoms with Crippen LogP contribution in [-0.4, -0.2) is 54.1 Å². The average molecular weight is 394 g/mol. The van der Waals surface area contributed by atoms with Crippen molar-refractivity contribution in [3.8, 4) is 5.95 Å². The van der Waals surface area contributed by atoms with E-state index >= 15 is 0 Å². The molecule has 0 bridgehead atoms. The zero-order valence-electron chi connectivity index (χ0n) is 16.2. The molecule has 2 aliphatic rings. The van der Waals surface area contributed by atoms with Crippen molar-refractivity contribution in [2.75, 3.05) is 13.1 Å². The molecule has 1 N–H and O–H groups in total. The minimum atomic E-state index is -0.273. The summed E-state index contributed by atoms with van der Waals surface area (Å²) in [6.45, 7) is 2.94. The van der Waals surface area contributed by atoms with Crippen LogP contribution in [0.25, 0.3) is 11.5 Å². The molecule has 1 saturated carbocycles. The van der Waals surface area contributed by atoms with Gasteiger partial charge in [-0.05, 0) is 44.7 Å². The maximum Gasteiger partial charge on any atom is 0.276 e. The van der Waals surface area contributed by atoms with Gasteiger partial charge >= 0.3 is 0 Å². The summed E-state index contributed by atoms with van der Waals surface area (Å²) in [5.41, 5.74) is 1.26. The van der Waals surface area contributed by atoms with E-state index in [0.717, 1.165) is 25.7 Å². The van der Waals surface area contributed by atoms with Gasteiger partial charge in [0.2, 0.25) is 5.95 Å². The fraction of sp³-hybridized carbons (Fsp3) is 0.450. The fourth-order valence-corrected chi connectivity index (χ4v) is 4.10. The van der Waals surface area contributed by atoms with E-state index in [9.17, 15) is 14.4 Å². The molecule has 0 aromatic carbocycles. The highest BCUT2D eigenvalue weighted by Crippen LogP contribution is 2.35. The van der Waals surface area contributed by atoms with Gasteiger partial charge in [-0.15, -0.1) is 5.10 Å². The number of piperidine rings is 1. The number of amides is 1. The minimum absolute atomic E-state index is 0.0953. The molecule has 9 heteroatoms. The van der Waals surface area contributed by atoms with Crippen LogP contribution < -0.4 is 5.56 Å². The number of carbonyl (C=O) groups excluding carboxylic acids is 2. The molecule has 3 aromatic heterocycles. The monoisotopic (exact) mass is 394 g/mol. The number of aromatic nitrogens is 5. The van der Waals surface area contributed by atoms with E-state index in [1.165, 1.54) is 15.4 Å². The first kappa shape index (κ1) is 17.8. The van der Waals surface area contributed by atoms with Gasteiger partial charge in [-0.1, -0.05) is 0 Å². The summed E-state index contributed by atoms with van der Waals surface area (Å²) in [6, 6.07) is 3.42. The Morgan fingerprint density at radius 2 is 1.86 bits per heavy atom. The van der Waals surface area contributed by atoms with Crippen molar-refractivity contribution in [2.24, 2.45) is 11.8 Å². The number of fused-ring (bicyclic) bond motifs is 1. The van der Waals surface area contributed by atoms with Crippen molar-refractivity contribution in [3.63, 3.8) is 0 Å². The van der Waals surface area contributed by atoms with Crippen molar-refractivity contribution >= 4 is 17.2 Å². The predicted molar refractivity (Wildman–Crippen MR) is 104 cm³/mol. The molecular formula is C20H22N6O3. The lowest BCUT2D eigenvalue weighted by Crippen LogP contribution is -2.40. The number of carbonyl (C=O) groups is 2. The second-order valence-corrected chi connectivity index (χ2v) is 7.91. The molecule has 2 fully saturated rings. The molecule has 0 spiro atoms. The Morgan fingerprint density at radius 1 is 1.14 bits per heavy atom. The molecule has 0 radical (unpaired) electrons. The molecule has 0 atom stereocenters. The van der Waals surface area contributed by atoms with Crippen molar-refractivity contribution < 1.29 is 9.59 Å². The molecule has 5 rings (SSSR count). The minimum Gasteiger partial charge on any atom is -0.338 e. The van der Waals surface area contributed by atoms with Crippen LogP contribution in [0.5, 0.6) is 0 Å². The van der Waals surface area contributed by atoms with Crippen LogP contribution in [0.1, 0.15) is 41.7 Å². The Balaban J connectivity index is 1.35. The number of hydrogen-bond acceptors (Lipinski definition) is 5. The van der Waals surface area contributed by atoms with Gasteiger partial charge in [0.25, 0.3) is 11.5 Å². The van der Waals surface area contributed by atoms with Gasteiger partial charge in [0.1, 0.15) is 11.3 Å². The Bertz CT molecular complexity index is 1160. The second-order valence-electron chi connectivity index (χ2n) is 7.91. The lowest BCUT2D eigenvalue weighted by atomic mass is 9.90. The van der Waals surface area contributed by atoms with Crippen LogP contribution in [0.3, 0.4) is 0 Å². The molecule has 1 amide bonds. The molecule has 1 aliphatic carbocycles. The molecule has 1 saturated heterocycles. The van der Waals surface area contributed by atoms with E-state index in [1.807, 2.05) is 0 Å². The van der Waals surface area contributed by atoms with Gasteiger partial charge in [-0.2, -0.15) is 5.10 Å². The number of hydrogen-bond donors (Lipinski definition) is 1. The van der Waals surface area contributed by atoms with E-state index in [0.29, 0.717) is 35.6 Å². The second kappa shape index (κ2) is 6.68. The van der Waals surface area contributed by atoms with Crippen LogP contribution in [0.2, 0.25) is 0 Å². The topological polar surface area (TPSA) is 105 Å². The van der Waals surface area contributed by atoms with E-state index in [4.69, 9.17) is 0 Å². The molecule has 0 unspecified atom stereocenters. The van der Waals surface area contributed by atoms with Crippen LogP contribution in [0.4, 0.5) is 0 Å². The first-order valence-electron chi connectivity index (χ1n) is 9.98. The fourth-order valence-electron chi connectivity index (χ4n) is 4.10. The Labute approximate surface area is 166 Å². The summed E-state index contributed by atoms with van der Waals surface area (Å²) in [7, 11) is 0. The number of ketones is 1. The number of nitrogens with zero attached hydrogens (tertiary/aromatic N) is 5. The Hall–Kier alpha value is -3.23. The standard InChI is InChI=1S/C20H22N6O3/c1-12-15(19(29)24-9-6-14(7-10-24)17(27)13-4-5-13)11-21-26(12)20-22-18(28)16-3-2-8-25(16)23-20/h2-3,8,11,13-14H,4-7,9-10H2,1H3,(H,22,23,28). The largest absolute Gasteiger partial charge is 0.338 e. The first-order chi connectivity index (χ1) is 14.0. The van der Waals surface area contributed by atoms with E-state index in [-0.39, 0.29) is 29.3 Å². The molecule has 29 heavy (non-hydrogen) atoms. The van der Waals surface area contributed by atoms with E-state index in [1.54, 1.807) is 30.2 Å². The van der Waals surface area contributed by atoms with E-state index in [2.05, 4.69) is 15.2 Å². The SMILES string of the molecule is Cc1c(C(=O)N2CCC(C(=O)C3CC3)CC2)cnn1-c1nn2cccc2c(=O)[nH]1. The summed E-state index contributed by atoms with van der Waals surface area (Å²) in [5, 5.41) is 8.64. The highest BCUT2D eigenvalue weighted by atomic mass is 16.2. The summed E-state index contributed by atoms with van der Waals surface area (Å²) in [5.74, 6) is 0.906. The average Bonchev–Trinajstić information content (AvgIpc) is 3.34. The van der Waals surface area contributed by atoms with Crippen LogP contribution in [0, 0.1) is 18.8 Å². The molecule has 3 aromatic rings. The predicted octanol–water partition coefficient (Wildman–Crippen LogP) is 1.35. The zero-order valence-corrected chi connectivity index (χ0v) is 16.2. The number of likely N-dealkylation sites (tertiary alicyclic amines) is 1. The molecule has 1 aliphatic heterocycles. The van der Waals surface area contributed by atoms with Gasteiger partial charge in [0.15, 0.2) is 0 Å². The van der Waals surface area contributed by atoms with Crippen molar-refractivity contribution in [3.05, 3.63) is 46.1 Å². The first-order valence-corrected chi connectivity index (χ1v) is 9.98. The maximum atomic E-state index is 13.0. The van der Waals surface area contributed by atoms with Gasteiger partial charge in [-0.25, -0.2) is 9.20 Å². The van der Waals surface area contributed by atoms with E-state index < -0.39 is 0 Å². The number of Topliss-reactive ketones (excluding diaryl/α,β-unsaturated/α-hetero) is 1. The molecule has 9 nitrogen and oxygen atoms in total. The zero-order chi connectivity index (χ0) is 20.1. The lowest BCUT2D eigenvalue weighted by Gasteiger charge is -2.31. The summed E-state index contributed by atoms with van der Waals surface area (Å²) >= 11 is 0. The number of aromatic amines is 1. The summed E-state index contributed by atoms with van der Waals surface area (Å²) < 4.78 is 2.95. The van der Waals surface area contributed by atoms with Crippen molar-refractivity contribution in [1.29, 1.82) is 0 Å². The molecular weight excluding hydrogens is 372 g/mol. The quantitative estimate of drug-likeness (QED) is 0.719. The number of rotatable bonds is 4. The van der Waals surface area contributed by atoms with Gasteiger partial charge < -0.3 is 4.90 Å². The maximum absolute atomic E-state index is 13.0. The normalized spacial score (nSPS) is 17.8. The lowest BCUT2D eigenvalue weighted by molar-refractivity contribution is -0.125. The highest BCUT2D eigenvalue weighted by molar-refractivity contribution is 5.95. The number of H-pyrrole nitrogens is 1. The Morgan fingerprint density at radius 3 is 2.59 bits per heavy atom. The van der Waals surface area contributed by atoms with Crippen LogP contribution in [-0.2, 0) is 4.79 Å². The van der Waals surface area contributed by atoms with Crippen LogP contribution in [0.15, 0.2) is 29.3 Å². The van der Waals surface area contributed by atoms with Crippen molar-refractivity contribution in [1.82, 2.24) is 29.3 Å². The summed E-state index contributed by atoms with van der Waals surface area (Å²) in [6.07, 6.45) is 6.72. The number of nitrogens with one attached hydrogen (secondary N) is 1. The van der Waals surface area contributed by atoms with Crippen molar-refractivity contribution in [2.45, 2.75) is 32.6 Å². The molecule has 150 valence electrons. The Kier molecular flexibility index (Phi) is 4.11. The third-order valence-electron chi connectivity index (χ3n) is 5.99. The van der Waals surface area contributed by atoms with Gasteiger partial charge in [0, 0.05) is 31.1 Å². The third kappa shape index (κ3) is 3.06. The summed E-state index contributed by atoms with van der Waals surface area (Å²) in [4.78, 5) is 42.0. The smallest absolute Gasteiger partial charge is 0.276 e. The van der Waals surface area contributed by atoms with Gasteiger partial charge in [0.05, 0.1) is 17.5 Å². The van der Waals surface area contributed by atoms with Crippen LogP contribution >= 0.6 is 0 Å². The highest BCUT2D eigenvalue weighted by Gasteiger charge is 2.37. The molecule has 4 heterocycles. The third-order valence-corrected chi connectivity index (χ3v) is 5.99. The van der Waals surface area contributed by atoms with Gasteiger partial charge in [-0.3, -0.25) is 19.4 Å².